The van der Waals surface area contributed by atoms with Crippen molar-refractivity contribution in [3.8, 4) is 0 Å². The van der Waals surface area contributed by atoms with Crippen molar-refractivity contribution in [2.24, 2.45) is 5.92 Å². The Morgan fingerprint density at radius 1 is 1.45 bits per heavy atom. The molecule has 5 heteroatoms. The van der Waals surface area contributed by atoms with Crippen LogP contribution in [-0.4, -0.2) is 29.9 Å². The molecule has 0 bridgehead atoms. The summed E-state index contributed by atoms with van der Waals surface area (Å²) in [6.07, 6.45) is 0.940. The molecular formula is C17H21FN2O2. The van der Waals surface area contributed by atoms with Gasteiger partial charge in [-0.15, -0.1) is 0 Å². The van der Waals surface area contributed by atoms with Gasteiger partial charge in [-0.2, -0.15) is 0 Å². The first-order valence-electron chi connectivity index (χ1n) is 7.70. The molecule has 0 aliphatic carbocycles. The molecule has 1 amide bonds. The molecule has 22 heavy (non-hydrogen) atoms. The van der Waals surface area contributed by atoms with Gasteiger partial charge in [0.15, 0.2) is 0 Å². The van der Waals surface area contributed by atoms with Crippen LogP contribution in [0.5, 0.6) is 0 Å². The van der Waals surface area contributed by atoms with Crippen LogP contribution in [0.2, 0.25) is 0 Å². The van der Waals surface area contributed by atoms with Gasteiger partial charge in [0.2, 0.25) is 5.91 Å². The maximum absolute atomic E-state index is 13.2. The van der Waals surface area contributed by atoms with Crippen molar-refractivity contribution in [3.63, 3.8) is 0 Å². The number of carbonyl (C=O) groups excluding carboxylic acids is 1. The second kappa shape index (κ2) is 6.08. The summed E-state index contributed by atoms with van der Waals surface area (Å²) in [5, 5.41) is 4.29. The molecule has 1 aromatic carbocycles. The topological polar surface area (TPSA) is 45.5 Å². The Labute approximate surface area is 129 Å². The number of nitrogens with one attached hydrogen (secondary N) is 1. The average Bonchev–Trinajstić information content (AvgIpc) is 2.87. The molecule has 1 saturated heterocycles. The average molecular weight is 304 g/mol. The smallest absolute Gasteiger partial charge is 0.219 e. The molecule has 2 unspecified atom stereocenters. The number of benzene rings is 1. The van der Waals surface area contributed by atoms with Crippen LogP contribution in [0.15, 0.2) is 28.7 Å². The van der Waals surface area contributed by atoms with Crippen molar-refractivity contribution < 1.29 is 13.6 Å². The lowest BCUT2D eigenvalue weighted by Gasteiger charge is -2.36. The van der Waals surface area contributed by atoms with E-state index in [9.17, 15) is 9.18 Å². The minimum absolute atomic E-state index is 0.143. The van der Waals surface area contributed by atoms with Gasteiger partial charge in [-0.1, -0.05) is 6.92 Å². The molecule has 4 nitrogen and oxygen atoms in total. The highest BCUT2D eigenvalue weighted by Crippen LogP contribution is 2.22. The molecule has 2 atom stereocenters. The molecular weight excluding hydrogens is 283 g/mol. The molecule has 0 spiro atoms. The molecule has 3 rings (SSSR count). The minimum atomic E-state index is -0.252. The number of carbonyl (C=O) groups is 1. The van der Waals surface area contributed by atoms with E-state index < -0.39 is 0 Å². The maximum Gasteiger partial charge on any atom is 0.219 e. The lowest BCUT2D eigenvalue weighted by molar-refractivity contribution is -0.130. The van der Waals surface area contributed by atoms with E-state index in [-0.39, 0.29) is 11.7 Å². The Bertz CT molecular complexity index is 682. The molecule has 2 aromatic rings. The van der Waals surface area contributed by atoms with Crippen molar-refractivity contribution in [2.75, 3.05) is 13.1 Å². The number of fused-ring (bicyclic) bond motifs is 1. The van der Waals surface area contributed by atoms with Crippen LogP contribution in [0.1, 0.15) is 26.0 Å². The molecule has 2 heterocycles. The van der Waals surface area contributed by atoms with Gasteiger partial charge in [0.25, 0.3) is 0 Å². The summed E-state index contributed by atoms with van der Waals surface area (Å²) in [4.78, 5) is 13.3. The fourth-order valence-electron chi connectivity index (χ4n) is 3.12. The lowest BCUT2D eigenvalue weighted by atomic mass is 9.94. The zero-order valence-corrected chi connectivity index (χ0v) is 12.9. The molecule has 1 aliphatic rings. The highest BCUT2D eigenvalue weighted by molar-refractivity contribution is 5.77. The minimum Gasteiger partial charge on any atom is -0.460 e. The highest BCUT2D eigenvalue weighted by atomic mass is 19.1. The number of rotatable bonds is 3. The Morgan fingerprint density at radius 3 is 3.00 bits per heavy atom. The van der Waals surface area contributed by atoms with Crippen molar-refractivity contribution in [2.45, 2.75) is 32.9 Å². The van der Waals surface area contributed by atoms with Crippen molar-refractivity contribution in [1.29, 1.82) is 0 Å². The number of amides is 1. The zero-order valence-electron chi connectivity index (χ0n) is 12.9. The van der Waals surface area contributed by atoms with E-state index in [1.807, 2.05) is 11.0 Å². The van der Waals surface area contributed by atoms with E-state index in [0.29, 0.717) is 24.1 Å². The molecule has 0 saturated carbocycles. The summed E-state index contributed by atoms with van der Waals surface area (Å²) in [6, 6.07) is 6.78. The summed E-state index contributed by atoms with van der Waals surface area (Å²) < 4.78 is 18.9. The highest BCUT2D eigenvalue weighted by Gasteiger charge is 2.26. The van der Waals surface area contributed by atoms with Crippen LogP contribution in [0.4, 0.5) is 4.39 Å². The Balaban J connectivity index is 1.61. The first-order chi connectivity index (χ1) is 10.5. The standard InChI is InChI=1S/C17H21FN2O2/c1-11-10-20(12(2)21)6-5-16(11)19-9-15-8-13-7-14(18)3-4-17(13)22-15/h3-4,7-8,11,16,19H,5-6,9-10H2,1-2H3. The first-order valence-corrected chi connectivity index (χ1v) is 7.70. The van der Waals surface area contributed by atoms with E-state index in [1.54, 1.807) is 13.0 Å². The van der Waals surface area contributed by atoms with Gasteiger partial charge in [0.1, 0.15) is 17.2 Å². The van der Waals surface area contributed by atoms with E-state index >= 15 is 0 Å². The summed E-state index contributed by atoms with van der Waals surface area (Å²) in [5.74, 6) is 1.10. The van der Waals surface area contributed by atoms with Gasteiger partial charge in [0.05, 0.1) is 6.54 Å². The van der Waals surface area contributed by atoms with Crippen LogP contribution in [-0.2, 0) is 11.3 Å². The zero-order chi connectivity index (χ0) is 15.7. The predicted molar refractivity (Wildman–Crippen MR) is 82.8 cm³/mol. The second-order valence-electron chi connectivity index (χ2n) is 6.11. The third-order valence-corrected chi connectivity index (χ3v) is 4.42. The number of piperidine rings is 1. The van der Waals surface area contributed by atoms with Gasteiger partial charge in [-0.3, -0.25) is 4.79 Å². The van der Waals surface area contributed by atoms with Crippen LogP contribution < -0.4 is 5.32 Å². The van der Waals surface area contributed by atoms with E-state index in [0.717, 1.165) is 30.7 Å². The molecule has 1 N–H and O–H groups in total. The van der Waals surface area contributed by atoms with Crippen LogP contribution in [0.25, 0.3) is 11.0 Å². The number of nitrogens with zero attached hydrogens (tertiary/aromatic N) is 1. The largest absolute Gasteiger partial charge is 0.460 e. The Kier molecular flexibility index (Phi) is 4.16. The van der Waals surface area contributed by atoms with Gasteiger partial charge >= 0.3 is 0 Å². The number of halogens is 1. The monoisotopic (exact) mass is 304 g/mol. The Hall–Kier alpha value is -1.88. The van der Waals surface area contributed by atoms with E-state index in [2.05, 4.69) is 12.2 Å². The van der Waals surface area contributed by atoms with Crippen LogP contribution >= 0.6 is 0 Å². The summed E-state index contributed by atoms with van der Waals surface area (Å²) in [6.45, 7) is 5.97. The molecule has 118 valence electrons. The molecule has 1 aromatic heterocycles. The third-order valence-electron chi connectivity index (χ3n) is 4.42. The number of likely N-dealkylation sites (tertiary alicyclic amines) is 1. The van der Waals surface area contributed by atoms with Gasteiger partial charge < -0.3 is 14.6 Å². The second-order valence-corrected chi connectivity index (χ2v) is 6.11. The summed E-state index contributed by atoms with van der Waals surface area (Å²) in [5.41, 5.74) is 0.706. The van der Waals surface area contributed by atoms with Crippen LogP contribution in [0, 0.1) is 11.7 Å². The first kappa shape index (κ1) is 15.0. The Morgan fingerprint density at radius 2 is 2.27 bits per heavy atom. The number of hydrogen-bond acceptors (Lipinski definition) is 3. The number of hydrogen-bond donors (Lipinski definition) is 1. The summed E-state index contributed by atoms with van der Waals surface area (Å²) >= 11 is 0. The third kappa shape index (κ3) is 3.14. The number of furan rings is 1. The van der Waals surface area contributed by atoms with Crippen LogP contribution in [0.3, 0.4) is 0 Å². The molecule has 1 fully saturated rings. The van der Waals surface area contributed by atoms with E-state index in [4.69, 9.17) is 4.42 Å². The van der Waals surface area contributed by atoms with Gasteiger partial charge in [-0.25, -0.2) is 4.39 Å². The predicted octanol–water partition coefficient (Wildman–Crippen LogP) is 2.92. The normalized spacial score (nSPS) is 22.2. The van der Waals surface area contributed by atoms with Crippen molar-refractivity contribution in [3.05, 3.63) is 35.8 Å². The molecule has 1 aliphatic heterocycles. The quantitative estimate of drug-likeness (QED) is 0.948. The van der Waals surface area contributed by atoms with E-state index in [1.165, 1.54) is 12.1 Å². The SMILES string of the molecule is CC(=O)N1CCC(NCc2cc3cc(F)ccc3o2)C(C)C1. The van der Waals surface area contributed by atoms with Crippen molar-refractivity contribution in [1.82, 2.24) is 10.2 Å². The maximum atomic E-state index is 13.2. The van der Waals surface area contributed by atoms with Gasteiger partial charge in [-0.05, 0) is 36.6 Å². The van der Waals surface area contributed by atoms with Gasteiger partial charge in [0, 0.05) is 31.4 Å². The fraction of sp³-hybridized carbons (Fsp3) is 0.471. The fourth-order valence-corrected chi connectivity index (χ4v) is 3.12. The van der Waals surface area contributed by atoms with Crippen molar-refractivity contribution >= 4 is 16.9 Å². The molecule has 0 radical (unpaired) electrons. The summed E-state index contributed by atoms with van der Waals surface area (Å²) in [7, 11) is 0. The lowest BCUT2D eigenvalue weighted by Crippen LogP contribution is -2.49.